The van der Waals surface area contributed by atoms with Crippen LogP contribution < -0.4 is 9.64 Å². The molecular formula is C19H25NOS. The van der Waals surface area contributed by atoms with Gasteiger partial charge in [-0.15, -0.1) is 11.3 Å². The molecule has 0 spiro atoms. The summed E-state index contributed by atoms with van der Waals surface area (Å²) in [5, 5.41) is 2.09. The molecule has 1 aromatic carbocycles. The van der Waals surface area contributed by atoms with Crippen molar-refractivity contribution in [3.05, 3.63) is 46.2 Å². The summed E-state index contributed by atoms with van der Waals surface area (Å²) < 4.78 is 6.02. The Morgan fingerprint density at radius 3 is 2.50 bits per heavy atom. The lowest BCUT2D eigenvalue weighted by molar-refractivity contribution is 0.242. The van der Waals surface area contributed by atoms with Crippen LogP contribution >= 0.6 is 11.3 Å². The van der Waals surface area contributed by atoms with Crippen molar-refractivity contribution >= 4 is 29.2 Å². The van der Waals surface area contributed by atoms with Crippen LogP contribution in [0.2, 0.25) is 0 Å². The number of rotatable bonds is 7. The number of hydrogen-bond acceptors (Lipinski definition) is 3. The second-order valence-electron chi connectivity index (χ2n) is 5.41. The molecule has 1 aromatic heterocycles. The molecule has 0 aliphatic carbocycles. The Kier molecular flexibility index (Phi) is 6.08. The Morgan fingerprint density at radius 1 is 1.14 bits per heavy atom. The first-order chi connectivity index (χ1) is 10.6. The molecule has 0 amide bonds. The first-order valence-electron chi connectivity index (χ1n) is 7.91. The summed E-state index contributed by atoms with van der Waals surface area (Å²) in [6.45, 7) is 10.5. The highest BCUT2D eigenvalue weighted by atomic mass is 32.1. The van der Waals surface area contributed by atoms with Gasteiger partial charge in [0.1, 0.15) is 5.75 Å². The van der Waals surface area contributed by atoms with E-state index in [1.54, 1.807) is 11.3 Å². The molecule has 0 aliphatic heterocycles. The van der Waals surface area contributed by atoms with Crippen LogP contribution in [0, 0.1) is 0 Å². The summed E-state index contributed by atoms with van der Waals surface area (Å²) in [6.07, 6.45) is 4.45. The lowest BCUT2D eigenvalue weighted by Gasteiger charge is -2.23. The average Bonchev–Trinajstić information content (AvgIpc) is 3.00. The molecule has 2 aromatic rings. The number of nitrogens with zero attached hydrogens (tertiary/aromatic N) is 1. The number of anilines is 1. The SMILES string of the molecule is CCN(CC)c1ccc(C=Cc2cccs2)c(OC(C)C)c1. The molecule has 2 rings (SSSR count). The fourth-order valence-electron chi connectivity index (χ4n) is 2.36. The average molecular weight is 315 g/mol. The second kappa shape index (κ2) is 8.04. The lowest BCUT2D eigenvalue weighted by Crippen LogP contribution is -2.21. The standard InChI is InChI=1S/C19H25NOS/c1-5-20(6-2)17-11-9-16(19(14-17)21-15(3)4)10-12-18-8-7-13-22-18/h7-15H,5-6H2,1-4H3. The van der Waals surface area contributed by atoms with Gasteiger partial charge in [0.2, 0.25) is 0 Å². The van der Waals surface area contributed by atoms with E-state index in [1.165, 1.54) is 10.6 Å². The lowest BCUT2D eigenvalue weighted by atomic mass is 10.1. The van der Waals surface area contributed by atoms with Gasteiger partial charge in [0.15, 0.2) is 0 Å². The highest BCUT2D eigenvalue weighted by molar-refractivity contribution is 7.10. The van der Waals surface area contributed by atoms with E-state index in [9.17, 15) is 0 Å². The van der Waals surface area contributed by atoms with Gasteiger partial charge in [-0.25, -0.2) is 0 Å². The zero-order valence-electron chi connectivity index (χ0n) is 13.9. The van der Waals surface area contributed by atoms with E-state index in [1.807, 2.05) is 0 Å². The van der Waals surface area contributed by atoms with Crippen LogP contribution in [0.5, 0.6) is 5.75 Å². The Labute approximate surface area is 138 Å². The van der Waals surface area contributed by atoms with Crippen molar-refractivity contribution in [1.29, 1.82) is 0 Å². The third-order valence-corrected chi connectivity index (χ3v) is 4.30. The Bertz CT molecular complexity index is 598. The maximum Gasteiger partial charge on any atom is 0.128 e. The second-order valence-corrected chi connectivity index (χ2v) is 6.39. The summed E-state index contributed by atoms with van der Waals surface area (Å²) in [7, 11) is 0. The smallest absolute Gasteiger partial charge is 0.128 e. The maximum absolute atomic E-state index is 6.02. The predicted molar refractivity (Wildman–Crippen MR) is 99.0 cm³/mol. The first kappa shape index (κ1) is 16.6. The van der Waals surface area contributed by atoms with Crippen molar-refractivity contribution in [3.63, 3.8) is 0 Å². The van der Waals surface area contributed by atoms with Gasteiger partial charge >= 0.3 is 0 Å². The molecule has 0 aliphatic rings. The van der Waals surface area contributed by atoms with Gasteiger partial charge in [0.05, 0.1) is 6.10 Å². The zero-order valence-corrected chi connectivity index (χ0v) is 14.7. The monoisotopic (exact) mass is 315 g/mol. The van der Waals surface area contributed by atoms with E-state index >= 15 is 0 Å². The highest BCUT2D eigenvalue weighted by Gasteiger charge is 2.08. The van der Waals surface area contributed by atoms with Gasteiger partial charge in [0, 0.05) is 35.3 Å². The van der Waals surface area contributed by atoms with Crippen molar-refractivity contribution < 1.29 is 4.74 Å². The summed E-state index contributed by atoms with van der Waals surface area (Å²) in [4.78, 5) is 3.59. The van der Waals surface area contributed by atoms with E-state index in [0.717, 1.165) is 24.4 Å². The van der Waals surface area contributed by atoms with Crippen LogP contribution in [0.3, 0.4) is 0 Å². The van der Waals surface area contributed by atoms with Gasteiger partial charge in [-0.05, 0) is 63.4 Å². The van der Waals surface area contributed by atoms with Crippen molar-refractivity contribution in [2.75, 3.05) is 18.0 Å². The molecule has 0 saturated heterocycles. The molecule has 1 heterocycles. The van der Waals surface area contributed by atoms with E-state index < -0.39 is 0 Å². The summed E-state index contributed by atoms with van der Waals surface area (Å²) in [5.74, 6) is 0.951. The van der Waals surface area contributed by atoms with Gasteiger partial charge in [-0.2, -0.15) is 0 Å². The van der Waals surface area contributed by atoms with Gasteiger partial charge < -0.3 is 9.64 Å². The zero-order chi connectivity index (χ0) is 15.9. The van der Waals surface area contributed by atoms with Crippen molar-refractivity contribution in [2.24, 2.45) is 0 Å². The Morgan fingerprint density at radius 2 is 1.91 bits per heavy atom. The largest absolute Gasteiger partial charge is 0.490 e. The van der Waals surface area contributed by atoms with Gasteiger partial charge in [-0.3, -0.25) is 0 Å². The highest BCUT2D eigenvalue weighted by Crippen LogP contribution is 2.28. The first-order valence-corrected chi connectivity index (χ1v) is 8.79. The van der Waals surface area contributed by atoms with Crippen LogP contribution in [0.4, 0.5) is 5.69 Å². The Balaban J connectivity index is 2.31. The third-order valence-electron chi connectivity index (χ3n) is 3.46. The molecular weight excluding hydrogens is 290 g/mol. The van der Waals surface area contributed by atoms with Crippen LogP contribution in [0.1, 0.15) is 38.1 Å². The molecule has 0 bridgehead atoms. The number of hydrogen-bond donors (Lipinski definition) is 0. The minimum absolute atomic E-state index is 0.167. The summed E-state index contributed by atoms with van der Waals surface area (Å²) in [5.41, 5.74) is 2.34. The topological polar surface area (TPSA) is 12.5 Å². The third kappa shape index (κ3) is 4.38. The Hall–Kier alpha value is -1.74. The van der Waals surface area contributed by atoms with Crippen LogP contribution in [0.25, 0.3) is 12.2 Å². The number of benzene rings is 1. The maximum atomic E-state index is 6.02. The van der Waals surface area contributed by atoms with Crippen LogP contribution in [-0.2, 0) is 0 Å². The summed E-state index contributed by atoms with van der Waals surface area (Å²) in [6, 6.07) is 10.7. The molecule has 0 N–H and O–H groups in total. The minimum atomic E-state index is 0.167. The van der Waals surface area contributed by atoms with Crippen molar-refractivity contribution in [3.8, 4) is 5.75 Å². The quantitative estimate of drug-likeness (QED) is 0.664. The van der Waals surface area contributed by atoms with Crippen LogP contribution in [-0.4, -0.2) is 19.2 Å². The van der Waals surface area contributed by atoms with E-state index in [0.29, 0.717) is 0 Å². The molecule has 0 atom stereocenters. The molecule has 22 heavy (non-hydrogen) atoms. The molecule has 2 nitrogen and oxygen atoms in total. The molecule has 0 radical (unpaired) electrons. The molecule has 0 saturated carbocycles. The molecule has 0 unspecified atom stereocenters. The van der Waals surface area contributed by atoms with Crippen molar-refractivity contribution in [1.82, 2.24) is 0 Å². The van der Waals surface area contributed by atoms with Crippen LogP contribution in [0.15, 0.2) is 35.7 Å². The number of ether oxygens (including phenoxy) is 1. The predicted octanol–water partition coefficient (Wildman–Crippen LogP) is 5.55. The molecule has 3 heteroatoms. The molecule has 118 valence electrons. The van der Waals surface area contributed by atoms with Gasteiger partial charge in [0.25, 0.3) is 0 Å². The molecule has 0 fully saturated rings. The van der Waals surface area contributed by atoms with Crippen molar-refractivity contribution in [2.45, 2.75) is 33.8 Å². The van der Waals surface area contributed by atoms with E-state index in [4.69, 9.17) is 4.74 Å². The normalized spacial score (nSPS) is 11.3. The minimum Gasteiger partial charge on any atom is -0.490 e. The van der Waals surface area contributed by atoms with E-state index in [-0.39, 0.29) is 6.10 Å². The fraction of sp³-hybridized carbons (Fsp3) is 0.368. The summed E-state index contributed by atoms with van der Waals surface area (Å²) >= 11 is 1.74. The fourth-order valence-corrected chi connectivity index (χ4v) is 2.98. The van der Waals surface area contributed by atoms with E-state index in [2.05, 4.69) is 80.5 Å². The number of thiophene rings is 1. The van der Waals surface area contributed by atoms with Gasteiger partial charge in [-0.1, -0.05) is 6.07 Å².